The van der Waals surface area contributed by atoms with Gasteiger partial charge in [0.2, 0.25) is 0 Å². The molecule has 1 atom stereocenters. The van der Waals surface area contributed by atoms with E-state index in [0.717, 1.165) is 11.3 Å². The first-order valence-electron chi connectivity index (χ1n) is 7.93. The van der Waals surface area contributed by atoms with Gasteiger partial charge in [-0.25, -0.2) is 0 Å². The van der Waals surface area contributed by atoms with Gasteiger partial charge in [-0.3, -0.25) is 10.1 Å². The highest BCUT2D eigenvalue weighted by Gasteiger charge is 2.24. The van der Waals surface area contributed by atoms with Crippen molar-refractivity contribution in [1.29, 1.82) is 0 Å². The minimum Gasteiger partial charge on any atom is -0.493 e. The van der Waals surface area contributed by atoms with Gasteiger partial charge < -0.3 is 19.0 Å². The Kier molecular flexibility index (Phi) is 5.21. The lowest BCUT2D eigenvalue weighted by atomic mass is 10.0. The molecule has 0 fully saturated rings. The topological polar surface area (TPSA) is 92.4 Å². The van der Waals surface area contributed by atoms with Gasteiger partial charge in [-0.15, -0.1) is 0 Å². The van der Waals surface area contributed by atoms with Crippen LogP contribution in [0.2, 0.25) is 0 Å². The summed E-state index contributed by atoms with van der Waals surface area (Å²) in [4.78, 5) is 15.6. The average molecular weight is 358 g/mol. The van der Waals surface area contributed by atoms with Crippen LogP contribution in [0.1, 0.15) is 12.0 Å². The first-order valence-corrected chi connectivity index (χ1v) is 7.93. The van der Waals surface area contributed by atoms with Crippen LogP contribution in [0.5, 0.6) is 17.2 Å². The number of hydrogen-bond acceptors (Lipinski definition) is 7. The van der Waals surface area contributed by atoms with Crippen molar-refractivity contribution < 1.29 is 24.0 Å². The minimum absolute atomic E-state index is 0.0218. The van der Waals surface area contributed by atoms with E-state index < -0.39 is 4.92 Å². The van der Waals surface area contributed by atoms with Crippen molar-refractivity contribution in [3.8, 4) is 17.2 Å². The molecular formula is C18H18N2O6. The zero-order valence-electron chi connectivity index (χ0n) is 14.4. The molecule has 0 bridgehead atoms. The van der Waals surface area contributed by atoms with Crippen LogP contribution >= 0.6 is 0 Å². The largest absolute Gasteiger partial charge is 0.493 e. The molecule has 0 aromatic heterocycles. The molecule has 0 amide bonds. The minimum atomic E-state index is -0.451. The second-order valence-corrected chi connectivity index (χ2v) is 5.60. The van der Waals surface area contributed by atoms with Crippen LogP contribution in [-0.2, 0) is 4.84 Å². The van der Waals surface area contributed by atoms with Gasteiger partial charge in [-0.05, 0) is 30.3 Å². The van der Waals surface area contributed by atoms with Gasteiger partial charge >= 0.3 is 0 Å². The second kappa shape index (κ2) is 7.73. The van der Waals surface area contributed by atoms with E-state index in [1.165, 1.54) is 12.1 Å². The molecule has 1 unspecified atom stereocenters. The van der Waals surface area contributed by atoms with Gasteiger partial charge in [0, 0.05) is 24.1 Å². The first-order chi connectivity index (χ1) is 12.6. The summed E-state index contributed by atoms with van der Waals surface area (Å²) in [7, 11) is 3.16. The summed E-state index contributed by atoms with van der Waals surface area (Å²) in [5, 5.41) is 14.8. The third-order valence-corrected chi connectivity index (χ3v) is 3.93. The summed E-state index contributed by atoms with van der Waals surface area (Å²) in [5.74, 6) is 1.81. The monoisotopic (exact) mass is 358 g/mol. The highest BCUT2D eigenvalue weighted by molar-refractivity contribution is 6.01. The van der Waals surface area contributed by atoms with Gasteiger partial charge in [-0.2, -0.15) is 0 Å². The number of rotatable bonds is 7. The van der Waals surface area contributed by atoms with E-state index in [1.807, 2.05) is 18.2 Å². The van der Waals surface area contributed by atoms with Crippen molar-refractivity contribution in [3.63, 3.8) is 0 Å². The quantitative estimate of drug-likeness (QED) is 0.557. The number of oxime groups is 1. The van der Waals surface area contributed by atoms with E-state index in [0.29, 0.717) is 23.7 Å². The maximum atomic E-state index is 10.6. The number of nitro benzene ring substituents is 1. The van der Waals surface area contributed by atoms with Crippen molar-refractivity contribution in [3.05, 3.63) is 58.1 Å². The molecule has 0 saturated heterocycles. The lowest BCUT2D eigenvalue weighted by Gasteiger charge is -2.11. The van der Waals surface area contributed by atoms with Gasteiger partial charge in [-0.1, -0.05) is 5.16 Å². The Morgan fingerprint density at radius 2 is 1.88 bits per heavy atom. The van der Waals surface area contributed by atoms with Crippen LogP contribution in [0.4, 0.5) is 5.69 Å². The van der Waals surface area contributed by atoms with Gasteiger partial charge in [0.1, 0.15) is 12.4 Å². The lowest BCUT2D eigenvalue weighted by molar-refractivity contribution is -0.384. The molecule has 0 saturated carbocycles. The summed E-state index contributed by atoms with van der Waals surface area (Å²) in [6.45, 7) is 0.290. The van der Waals surface area contributed by atoms with Crippen molar-refractivity contribution in [2.75, 3.05) is 20.8 Å². The molecule has 2 aromatic rings. The molecule has 1 aliphatic heterocycles. The summed E-state index contributed by atoms with van der Waals surface area (Å²) in [5.41, 5.74) is 1.71. The number of nitrogens with zero attached hydrogens (tertiary/aromatic N) is 2. The Morgan fingerprint density at radius 1 is 1.15 bits per heavy atom. The molecule has 26 heavy (non-hydrogen) atoms. The Balaban J connectivity index is 1.57. The van der Waals surface area contributed by atoms with Crippen molar-refractivity contribution in [2.45, 2.75) is 12.5 Å². The Labute approximate surface area is 150 Å². The van der Waals surface area contributed by atoms with E-state index in [2.05, 4.69) is 5.16 Å². The number of hydrogen-bond donors (Lipinski definition) is 0. The molecule has 0 radical (unpaired) electrons. The molecule has 0 aliphatic carbocycles. The Bertz CT molecular complexity index is 819. The molecule has 3 rings (SSSR count). The third-order valence-electron chi connectivity index (χ3n) is 3.93. The highest BCUT2D eigenvalue weighted by Crippen LogP contribution is 2.29. The number of non-ortho nitro benzene ring substituents is 1. The van der Waals surface area contributed by atoms with Crippen LogP contribution in [0, 0.1) is 10.1 Å². The van der Waals surface area contributed by atoms with Gasteiger partial charge in [0.15, 0.2) is 17.6 Å². The number of benzene rings is 2. The molecule has 0 N–H and O–H groups in total. The number of methoxy groups -OCH3 is 2. The van der Waals surface area contributed by atoms with Gasteiger partial charge in [0.05, 0.1) is 24.9 Å². The fourth-order valence-electron chi connectivity index (χ4n) is 2.56. The third kappa shape index (κ3) is 3.85. The van der Waals surface area contributed by atoms with Crippen LogP contribution in [0.3, 0.4) is 0 Å². The van der Waals surface area contributed by atoms with E-state index in [-0.39, 0.29) is 18.4 Å². The van der Waals surface area contributed by atoms with Crippen LogP contribution < -0.4 is 14.2 Å². The standard InChI is InChI=1S/C18H18N2O6/c1-23-17-8-3-12(9-18(17)24-2)16-10-15(26-19-16)11-25-14-6-4-13(5-7-14)20(21)22/h3-9,15H,10-11H2,1-2H3. The van der Waals surface area contributed by atoms with E-state index in [9.17, 15) is 10.1 Å². The predicted molar refractivity (Wildman–Crippen MR) is 94.2 cm³/mol. The fraction of sp³-hybridized carbons (Fsp3) is 0.278. The maximum absolute atomic E-state index is 10.6. The zero-order valence-corrected chi connectivity index (χ0v) is 14.4. The molecule has 136 valence electrons. The Hall–Kier alpha value is -3.29. The predicted octanol–water partition coefficient (Wildman–Crippen LogP) is 3.18. The normalized spacial score (nSPS) is 15.8. The molecule has 8 nitrogen and oxygen atoms in total. The first kappa shape index (κ1) is 17.5. The summed E-state index contributed by atoms with van der Waals surface area (Å²) in [6.07, 6.45) is 0.357. The smallest absolute Gasteiger partial charge is 0.269 e. The Morgan fingerprint density at radius 3 is 2.54 bits per heavy atom. The van der Waals surface area contributed by atoms with Gasteiger partial charge in [0.25, 0.3) is 5.69 Å². The van der Waals surface area contributed by atoms with E-state index in [4.69, 9.17) is 19.0 Å². The fourth-order valence-corrected chi connectivity index (χ4v) is 2.56. The second-order valence-electron chi connectivity index (χ2n) is 5.60. The SMILES string of the molecule is COc1ccc(C2=NOC(COc3ccc([N+](=O)[O-])cc3)C2)cc1OC. The van der Waals surface area contributed by atoms with Crippen LogP contribution in [0.15, 0.2) is 47.6 Å². The molecule has 2 aromatic carbocycles. The van der Waals surface area contributed by atoms with Crippen molar-refractivity contribution in [1.82, 2.24) is 0 Å². The number of nitro groups is 1. The van der Waals surface area contributed by atoms with E-state index in [1.54, 1.807) is 26.4 Å². The molecule has 1 heterocycles. The maximum Gasteiger partial charge on any atom is 0.269 e. The van der Waals surface area contributed by atoms with Crippen molar-refractivity contribution >= 4 is 11.4 Å². The summed E-state index contributed by atoms with van der Waals surface area (Å²) < 4.78 is 16.2. The zero-order chi connectivity index (χ0) is 18.5. The van der Waals surface area contributed by atoms with E-state index >= 15 is 0 Å². The van der Waals surface area contributed by atoms with Crippen molar-refractivity contribution in [2.24, 2.45) is 5.16 Å². The molecule has 0 spiro atoms. The van der Waals surface area contributed by atoms with Crippen LogP contribution in [0.25, 0.3) is 0 Å². The summed E-state index contributed by atoms with van der Waals surface area (Å²) >= 11 is 0. The highest BCUT2D eigenvalue weighted by atomic mass is 16.7. The average Bonchev–Trinajstić information content (AvgIpc) is 3.15. The lowest BCUT2D eigenvalue weighted by Crippen LogP contribution is -2.18. The molecule has 8 heteroatoms. The van der Waals surface area contributed by atoms with Crippen LogP contribution in [-0.4, -0.2) is 37.6 Å². The summed E-state index contributed by atoms with van der Waals surface area (Å²) in [6, 6.07) is 11.5. The molecule has 1 aliphatic rings. The molecular weight excluding hydrogens is 340 g/mol. The number of ether oxygens (including phenoxy) is 3.